The van der Waals surface area contributed by atoms with Crippen molar-refractivity contribution in [2.24, 2.45) is 0 Å². The Morgan fingerprint density at radius 2 is 1.90 bits per heavy atom. The first kappa shape index (κ1) is 11.4. The summed E-state index contributed by atoms with van der Waals surface area (Å²) < 4.78 is 0. The maximum Gasteiger partial charge on any atom is 0.137 e. The van der Waals surface area contributed by atoms with Crippen molar-refractivity contribution in [3.63, 3.8) is 0 Å². The molecule has 0 spiro atoms. The fourth-order valence-corrected chi connectivity index (χ4v) is 2.99. The van der Waals surface area contributed by atoms with Gasteiger partial charge < -0.3 is 4.98 Å². The van der Waals surface area contributed by atoms with Gasteiger partial charge >= 0.3 is 0 Å². The molecule has 4 rings (SSSR count). The second-order valence-electron chi connectivity index (χ2n) is 4.53. The molecule has 0 unspecified atom stereocenters. The van der Waals surface area contributed by atoms with E-state index in [1.807, 2.05) is 42.2 Å². The molecule has 1 aromatic carbocycles. The smallest absolute Gasteiger partial charge is 0.137 e. The van der Waals surface area contributed by atoms with Crippen molar-refractivity contribution in [1.82, 2.24) is 15.0 Å². The average Bonchev–Trinajstić information content (AvgIpc) is 3.16. The van der Waals surface area contributed by atoms with Gasteiger partial charge in [-0.15, -0.1) is 11.3 Å². The van der Waals surface area contributed by atoms with Crippen molar-refractivity contribution in [3.05, 3.63) is 60.4 Å². The van der Waals surface area contributed by atoms with Crippen LogP contribution in [0.25, 0.3) is 32.7 Å². The van der Waals surface area contributed by atoms with E-state index in [1.165, 1.54) is 5.56 Å². The first-order valence-electron chi connectivity index (χ1n) is 6.34. The van der Waals surface area contributed by atoms with Crippen molar-refractivity contribution in [2.45, 2.75) is 0 Å². The maximum absolute atomic E-state index is 4.51. The Morgan fingerprint density at radius 3 is 2.70 bits per heavy atom. The van der Waals surface area contributed by atoms with Crippen LogP contribution in [-0.4, -0.2) is 15.0 Å². The predicted octanol–water partition coefficient (Wildman–Crippen LogP) is 4.35. The molecule has 3 nitrogen and oxygen atoms in total. The minimum atomic E-state index is 0.898. The van der Waals surface area contributed by atoms with E-state index in [1.54, 1.807) is 11.3 Å². The molecule has 1 N–H and O–H groups in total. The number of aromatic nitrogens is 3. The van der Waals surface area contributed by atoms with Gasteiger partial charge in [0.2, 0.25) is 0 Å². The lowest BCUT2D eigenvalue weighted by Crippen LogP contribution is -1.82. The molecule has 0 radical (unpaired) electrons. The van der Waals surface area contributed by atoms with Gasteiger partial charge in [0.15, 0.2) is 0 Å². The summed E-state index contributed by atoms with van der Waals surface area (Å²) >= 11 is 1.64. The molecule has 0 saturated carbocycles. The lowest BCUT2D eigenvalue weighted by Gasteiger charge is -2.01. The Hall–Kier alpha value is -2.46. The first-order chi connectivity index (χ1) is 9.92. The summed E-state index contributed by atoms with van der Waals surface area (Å²) in [7, 11) is 0. The molecule has 0 aliphatic rings. The second kappa shape index (κ2) is 4.58. The largest absolute Gasteiger partial charge is 0.345 e. The summed E-state index contributed by atoms with van der Waals surface area (Å²) in [5, 5.41) is 4.12. The van der Waals surface area contributed by atoms with Gasteiger partial charge in [0.25, 0.3) is 0 Å². The van der Waals surface area contributed by atoms with Crippen LogP contribution in [0.4, 0.5) is 0 Å². The average molecular weight is 277 g/mol. The van der Waals surface area contributed by atoms with E-state index in [0.717, 1.165) is 27.2 Å². The molecular weight excluding hydrogens is 266 g/mol. The van der Waals surface area contributed by atoms with Gasteiger partial charge in [0.05, 0.1) is 0 Å². The normalized spacial score (nSPS) is 11.0. The number of thiazole rings is 1. The van der Waals surface area contributed by atoms with Crippen LogP contribution in [0.3, 0.4) is 0 Å². The Bertz CT molecular complexity index is 848. The monoisotopic (exact) mass is 277 g/mol. The number of pyridine rings is 1. The van der Waals surface area contributed by atoms with Gasteiger partial charge in [0.1, 0.15) is 10.7 Å². The van der Waals surface area contributed by atoms with Crippen LogP contribution < -0.4 is 0 Å². The highest BCUT2D eigenvalue weighted by Crippen LogP contribution is 2.31. The number of nitrogens with zero attached hydrogens (tertiary/aromatic N) is 2. The van der Waals surface area contributed by atoms with Crippen molar-refractivity contribution in [2.75, 3.05) is 0 Å². The van der Waals surface area contributed by atoms with Crippen LogP contribution in [0.2, 0.25) is 0 Å². The van der Waals surface area contributed by atoms with E-state index >= 15 is 0 Å². The van der Waals surface area contributed by atoms with Crippen molar-refractivity contribution in [1.29, 1.82) is 0 Å². The highest BCUT2D eigenvalue weighted by molar-refractivity contribution is 7.13. The molecule has 3 aromatic heterocycles. The van der Waals surface area contributed by atoms with E-state index in [9.17, 15) is 0 Å². The number of fused-ring (bicyclic) bond motifs is 1. The topological polar surface area (TPSA) is 41.6 Å². The van der Waals surface area contributed by atoms with Gasteiger partial charge in [-0.1, -0.05) is 30.3 Å². The van der Waals surface area contributed by atoms with Gasteiger partial charge in [-0.2, -0.15) is 0 Å². The van der Waals surface area contributed by atoms with E-state index in [-0.39, 0.29) is 0 Å². The Morgan fingerprint density at radius 1 is 1.00 bits per heavy atom. The minimum absolute atomic E-state index is 0.898. The zero-order valence-electron chi connectivity index (χ0n) is 10.6. The summed E-state index contributed by atoms with van der Waals surface area (Å²) in [6.07, 6.45) is 5.71. The lowest BCUT2D eigenvalue weighted by molar-refractivity contribution is 1.32. The number of H-pyrrole nitrogens is 1. The molecular formula is C16H11N3S. The van der Waals surface area contributed by atoms with Crippen molar-refractivity contribution >= 4 is 22.4 Å². The minimum Gasteiger partial charge on any atom is -0.345 e. The Labute approximate surface area is 120 Å². The predicted molar refractivity (Wildman–Crippen MR) is 82.6 cm³/mol. The second-order valence-corrected chi connectivity index (χ2v) is 5.42. The molecule has 96 valence electrons. The molecule has 3 heterocycles. The maximum atomic E-state index is 4.51. The Balaban J connectivity index is 1.92. The molecule has 0 bridgehead atoms. The highest BCUT2D eigenvalue weighted by atomic mass is 32.1. The number of aromatic amines is 1. The number of nitrogens with one attached hydrogen (secondary N) is 1. The van der Waals surface area contributed by atoms with Gasteiger partial charge in [-0.25, -0.2) is 9.97 Å². The van der Waals surface area contributed by atoms with Gasteiger partial charge in [-0.05, 0) is 11.6 Å². The fraction of sp³-hybridized carbons (Fsp3) is 0. The molecule has 4 heteroatoms. The summed E-state index contributed by atoms with van der Waals surface area (Å²) in [6, 6.07) is 12.5. The zero-order valence-corrected chi connectivity index (χ0v) is 11.4. The van der Waals surface area contributed by atoms with Gasteiger partial charge in [0, 0.05) is 40.5 Å². The number of hydrogen-bond donors (Lipinski definition) is 1. The van der Waals surface area contributed by atoms with Crippen LogP contribution >= 0.6 is 11.3 Å². The molecule has 0 amide bonds. The SMILES string of the molecule is c1ccc(-c2cnc3[nH]cc(-c4nccs4)c3c2)cc1. The van der Waals surface area contributed by atoms with Crippen LogP contribution in [0, 0.1) is 0 Å². The fourth-order valence-electron chi connectivity index (χ4n) is 2.33. The van der Waals surface area contributed by atoms with E-state index in [2.05, 4.69) is 33.2 Å². The third kappa shape index (κ3) is 1.82. The first-order valence-corrected chi connectivity index (χ1v) is 7.22. The van der Waals surface area contributed by atoms with Crippen molar-refractivity contribution in [3.8, 4) is 21.7 Å². The van der Waals surface area contributed by atoms with Crippen LogP contribution in [0.5, 0.6) is 0 Å². The third-order valence-electron chi connectivity index (χ3n) is 3.30. The van der Waals surface area contributed by atoms with E-state index < -0.39 is 0 Å². The zero-order chi connectivity index (χ0) is 13.4. The Kier molecular flexibility index (Phi) is 2.60. The molecule has 0 fully saturated rings. The summed E-state index contributed by atoms with van der Waals surface area (Å²) in [5.41, 5.74) is 4.30. The number of hydrogen-bond acceptors (Lipinski definition) is 3. The van der Waals surface area contributed by atoms with Crippen molar-refractivity contribution < 1.29 is 0 Å². The summed E-state index contributed by atoms with van der Waals surface area (Å²) in [6.45, 7) is 0. The third-order valence-corrected chi connectivity index (χ3v) is 4.11. The molecule has 20 heavy (non-hydrogen) atoms. The van der Waals surface area contributed by atoms with Gasteiger partial charge in [-0.3, -0.25) is 0 Å². The van der Waals surface area contributed by atoms with Crippen LogP contribution in [0.15, 0.2) is 60.4 Å². The standard InChI is InChI=1S/C16H11N3S/c1-2-4-11(5-3-1)12-8-13-14(16-17-6-7-20-16)10-19-15(13)18-9-12/h1-10H,(H,18,19). The quantitative estimate of drug-likeness (QED) is 0.591. The molecule has 0 aliphatic carbocycles. The van der Waals surface area contributed by atoms with E-state index in [0.29, 0.717) is 0 Å². The summed E-state index contributed by atoms with van der Waals surface area (Å²) in [4.78, 5) is 12.1. The highest BCUT2D eigenvalue weighted by Gasteiger charge is 2.10. The molecule has 4 aromatic rings. The molecule has 0 saturated heterocycles. The number of rotatable bonds is 2. The molecule has 0 atom stereocenters. The van der Waals surface area contributed by atoms with Crippen LogP contribution in [-0.2, 0) is 0 Å². The lowest BCUT2D eigenvalue weighted by atomic mass is 10.1. The summed E-state index contributed by atoms with van der Waals surface area (Å²) in [5.74, 6) is 0. The van der Waals surface area contributed by atoms with E-state index in [4.69, 9.17) is 0 Å². The molecule has 0 aliphatic heterocycles. The number of benzene rings is 1. The van der Waals surface area contributed by atoms with Crippen LogP contribution in [0.1, 0.15) is 0 Å².